The molecule has 7 nitrogen and oxygen atoms in total. The van der Waals surface area contributed by atoms with Gasteiger partial charge < -0.3 is 5.32 Å². The zero-order chi connectivity index (χ0) is 20.2. The van der Waals surface area contributed by atoms with E-state index in [1.165, 1.54) is 0 Å². The number of nitrogens with one attached hydrogen (secondary N) is 1. The first-order chi connectivity index (χ1) is 13.9. The largest absolute Gasteiger partial charge is 0.322 e. The zero-order valence-corrected chi connectivity index (χ0v) is 16.9. The highest BCUT2D eigenvalue weighted by Gasteiger charge is 2.34. The van der Waals surface area contributed by atoms with Gasteiger partial charge in [0.05, 0.1) is 34.2 Å². The van der Waals surface area contributed by atoms with E-state index in [2.05, 4.69) is 10.4 Å². The van der Waals surface area contributed by atoms with Gasteiger partial charge in [-0.3, -0.25) is 4.79 Å². The lowest BCUT2D eigenvalue weighted by atomic mass is 10.1. The van der Waals surface area contributed by atoms with Crippen molar-refractivity contribution in [2.75, 3.05) is 16.8 Å². The fraction of sp³-hybridized carbons (Fsp3) is 0.381. The normalized spacial score (nSPS) is 20.8. The van der Waals surface area contributed by atoms with Gasteiger partial charge in [-0.05, 0) is 44.4 Å². The Labute approximate surface area is 169 Å². The second-order valence-electron chi connectivity index (χ2n) is 7.97. The van der Waals surface area contributed by atoms with Crippen LogP contribution in [0.3, 0.4) is 0 Å². The summed E-state index contributed by atoms with van der Waals surface area (Å²) in [6, 6.07) is 11.0. The Kier molecular flexibility index (Phi) is 4.20. The summed E-state index contributed by atoms with van der Waals surface area (Å²) in [5.74, 6) is 0.400. The van der Waals surface area contributed by atoms with Crippen LogP contribution in [-0.4, -0.2) is 40.6 Å². The summed E-state index contributed by atoms with van der Waals surface area (Å²) in [6.07, 6.45) is 2.64. The SMILES string of the molecule is Cc1nn([C@H]2CCS(=O)(=O)C2)c2nc(C3CC3)cc(C(=O)Nc3ccccc3)c12. The van der Waals surface area contributed by atoms with Crippen molar-refractivity contribution in [3.05, 3.63) is 53.3 Å². The average molecular weight is 410 g/mol. The Morgan fingerprint density at radius 1 is 1.17 bits per heavy atom. The minimum Gasteiger partial charge on any atom is -0.322 e. The number of carbonyl (C=O) groups is 1. The molecular formula is C21H22N4O3S. The summed E-state index contributed by atoms with van der Waals surface area (Å²) in [4.78, 5) is 18.0. The molecule has 2 fully saturated rings. The standard InChI is InChI=1S/C21H22N4O3S/c1-13-19-17(21(26)22-15-5-3-2-4-6-15)11-18(14-7-8-14)23-20(19)25(24-13)16-9-10-29(27,28)12-16/h2-6,11,14,16H,7-10,12H2,1H3,(H,22,26)/t16-/m0/s1. The summed E-state index contributed by atoms with van der Waals surface area (Å²) < 4.78 is 25.7. The van der Waals surface area contributed by atoms with Gasteiger partial charge in [-0.15, -0.1) is 0 Å². The van der Waals surface area contributed by atoms with Crippen LogP contribution in [-0.2, 0) is 9.84 Å². The number of pyridine rings is 1. The number of nitrogens with zero attached hydrogens (tertiary/aromatic N) is 3. The summed E-state index contributed by atoms with van der Waals surface area (Å²) in [6.45, 7) is 1.85. The van der Waals surface area contributed by atoms with Crippen LogP contribution >= 0.6 is 0 Å². The quantitative estimate of drug-likeness (QED) is 0.713. The van der Waals surface area contributed by atoms with Crippen molar-refractivity contribution in [1.82, 2.24) is 14.8 Å². The molecule has 1 saturated carbocycles. The number of aryl methyl sites for hydroxylation is 1. The highest BCUT2D eigenvalue weighted by atomic mass is 32.2. The number of hydrogen-bond acceptors (Lipinski definition) is 5. The Balaban J connectivity index is 1.63. The van der Waals surface area contributed by atoms with E-state index < -0.39 is 9.84 Å². The first kappa shape index (κ1) is 18.3. The molecule has 29 heavy (non-hydrogen) atoms. The molecule has 8 heteroatoms. The van der Waals surface area contributed by atoms with Crippen molar-refractivity contribution < 1.29 is 13.2 Å². The van der Waals surface area contributed by atoms with Crippen molar-refractivity contribution in [2.45, 2.75) is 38.1 Å². The maximum atomic E-state index is 13.1. The Morgan fingerprint density at radius 3 is 2.59 bits per heavy atom. The smallest absolute Gasteiger partial charge is 0.256 e. The maximum Gasteiger partial charge on any atom is 0.256 e. The highest BCUT2D eigenvalue weighted by molar-refractivity contribution is 7.91. The van der Waals surface area contributed by atoms with Gasteiger partial charge in [0.15, 0.2) is 15.5 Å². The Bertz CT molecular complexity index is 1210. The molecule has 0 radical (unpaired) electrons. The molecular weight excluding hydrogens is 388 g/mol. The van der Waals surface area contributed by atoms with Crippen molar-refractivity contribution >= 4 is 32.5 Å². The number of hydrogen-bond donors (Lipinski definition) is 1. The second-order valence-corrected chi connectivity index (χ2v) is 10.2. The minimum atomic E-state index is -3.05. The molecule has 1 N–H and O–H groups in total. The molecule has 3 aromatic rings. The summed E-state index contributed by atoms with van der Waals surface area (Å²) in [5, 5.41) is 8.28. The number of amides is 1. The third-order valence-electron chi connectivity index (χ3n) is 5.68. The van der Waals surface area contributed by atoms with E-state index in [9.17, 15) is 13.2 Å². The van der Waals surface area contributed by atoms with E-state index in [1.807, 2.05) is 43.3 Å². The lowest BCUT2D eigenvalue weighted by molar-refractivity contribution is 0.102. The molecule has 0 spiro atoms. The van der Waals surface area contributed by atoms with Crippen LogP contribution in [0, 0.1) is 6.92 Å². The van der Waals surface area contributed by atoms with Crippen LogP contribution < -0.4 is 5.32 Å². The third-order valence-corrected chi connectivity index (χ3v) is 7.43. The molecule has 1 amide bonds. The van der Waals surface area contributed by atoms with Gasteiger partial charge in [-0.2, -0.15) is 5.10 Å². The molecule has 1 aliphatic heterocycles. The topological polar surface area (TPSA) is 93.9 Å². The van der Waals surface area contributed by atoms with Gasteiger partial charge in [0.25, 0.3) is 5.91 Å². The first-order valence-electron chi connectivity index (χ1n) is 9.88. The fourth-order valence-electron chi connectivity index (χ4n) is 4.04. The van der Waals surface area contributed by atoms with Gasteiger partial charge in [-0.25, -0.2) is 18.1 Å². The van der Waals surface area contributed by atoms with Gasteiger partial charge in [0, 0.05) is 17.3 Å². The number of aromatic nitrogens is 3. The molecule has 3 heterocycles. The van der Waals surface area contributed by atoms with E-state index in [4.69, 9.17) is 4.98 Å². The summed E-state index contributed by atoms with van der Waals surface area (Å²) in [5.41, 5.74) is 3.47. The molecule has 150 valence electrons. The number of para-hydroxylation sites is 1. The highest BCUT2D eigenvalue weighted by Crippen LogP contribution is 2.41. The molecule has 5 rings (SSSR count). The van der Waals surface area contributed by atoms with Crippen molar-refractivity contribution in [3.63, 3.8) is 0 Å². The zero-order valence-electron chi connectivity index (χ0n) is 16.1. The van der Waals surface area contributed by atoms with Gasteiger partial charge in [0.2, 0.25) is 0 Å². The van der Waals surface area contributed by atoms with E-state index in [0.717, 1.165) is 24.2 Å². The molecule has 1 aromatic carbocycles. The number of benzene rings is 1. The van der Waals surface area contributed by atoms with Gasteiger partial charge in [-0.1, -0.05) is 18.2 Å². The Morgan fingerprint density at radius 2 is 1.93 bits per heavy atom. The lowest BCUT2D eigenvalue weighted by Gasteiger charge is -2.12. The van der Waals surface area contributed by atoms with E-state index in [0.29, 0.717) is 34.6 Å². The molecule has 2 aromatic heterocycles. The fourth-order valence-corrected chi connectivity index (χ4v) is 5.73. The predicted molar refractivity (Wildman–Crippen MR) is 111 cm³/mol. The van der Waals surface area contributed by atoms with Gasteiger partial charge >= 0.3 is 0 Å². The van der Waals surface area contributed by atoms with Crippen LogP contribution in [0.1, 0.15) is 53.0 Å². The van der Waals surface area contributed by atoms with Crippen LogP contribution in [0.4, 0.5) is 5.69 Å². The molecule has 1 aliphatic carbocycles. The molecule has 2 aliphatic rings. The average Bonchev–Trinajstić information content (AvgIpc) is 3.41. The van der Waals surface area contributed by atoms with E-state index >= 15 is 0 Å². The first-order valence-corrected chi connectivity index (χ1v) is 11.7. The number of sulfone groups is 1. The predicted octanol–water partition coefficient (Wildman–Crippen LogP) is 3.23. The van der Waals surface area contributed by atoms with Crippen molar-refractivity contribution in [2.24, 2.45) is 0 Å². The van der Waals surface area contributed by atoms with Gasteiger partial charge in [0.1, 0.15) is 0 Å². The minimum absolute atomic E-state index is 0.0735. The third kappa shape index (κ3) is 3.42. The second kappa shape index (κ2) is 6.66. The van der Waals surface area contributed by atoms with E-state index in [1.54, 1.807) is 4.68 Å². The number of anilines is 1. The summed E-state index contributed by atoms with van der Waals surface area (Å²) >= 11 is 0. The lowest BCUT2D eigenvalue weighted by Crippen LogP contribution is -2.15. The van der Waals surface area contributed by atoms with Crippen LogP contribution in [0.25, 0.3) is 11.0 Å². The van der Waals surface area contributed by atoms with Crippen molar-refractivity contribution in [3.8, 4) is 0 Å². The van der Waals surface area contributed by atoms with Crippen LogP contribution in [0.15, 0.2) is 36.4 Å². The monoisotopic (exact) mass is 410 g/mol. The molecule has 0 unspecified atom stereocenters. The van der Waals surface area contributed by atoms with Crippen LogP contribution in [0.5, 0.6) is 0 Å². The maximum absolute atomic E-state index is 13.1. The number of rotatable bonds is 4. The Hall–Kier alpha value is -2.74. The van der Waals surface area contributed by atoms with Crippen LogP contribution in [0.2, 0.25) is 0 Å². The molecule has 0 bridgehead atoms. The molecule has 1 saturated heterocycles. The van der Waals surface area contributed by atoms with Crippen molar-refractivity contribution in [1.29, 1.82) is 0 Å². The van der Waals surface area contributed by atoms with E-state index in [-0.39, 0.29) is 23.5 Å². The molecule has 1 atom stereocenters. The number of fused-ring (bicyclic) bond motifs is 1. The number of carbonyl (C=O) groups excluding carboxylic acids is 1. The summed E-state index contributed by atoms with van der Waals surface area (Å²) in [7, 11) is -3.05.